The average molecular weight is 442 g/mol. The van der Waals surface area contributed by atoms with E-state index < -0.39 is 11.7 Å². The molecule has 1 amide bonds. The van der Waals surface area contributed by atoms with Crippen molar-refractivity contribution >= 4 is 5.91 Å². The number of nitrogens with zero attached hydrogens (tertiary/aromatic N) is 4. The van der Waals surface area contributed by atoms with Gasteiger partial charge in [0.1, 0.15) is 11.6 Å². The summed E-state index contributed by atoms with van der Waals surface area (Å²) in [5.74, 6) is -2.54. The van der Waals surface area contributed by atoms with Crippen molar-refractivity contribution in [3.63, 3.8) is 0 Å². The van der Waals surface area contributed by atoms with Crippen LogP contribution in [0.5, 0.6) is 11.6 Å². The Balaban J connectivity index is 1.39. The van der Waals surface area contributed by atoms with Crippen LogP contribution in [0.15, 0.2) is 36.5 Å². The van der Waals surface area contributed by atoms with Gasteiger partial charge in [0.05, 0.1) is 18.1 Å². The lowest BCUT2D eigenvalue weighted by Gasteiger charge is -2.16. The normalized spacial score (nSPS) is 15.9. The van der Waals surface area contributed by atoms with E-state index in [9.17, 15) is 13.6 Å². The van der Waals surface area contributed by atoms with Crippen LogP contribution in [0.1, 0.15) is 41.6 Å². The number of carbonyl (C=O) groups excluding carboxylic acids is 1. The highest BCUT2D eigenvalue weighted by Gasteiger charge is 2.36. The fourth-order valence-corrected chi connectivity index (χ4v) is 3.92. The van der Waals surface area contributed by atoms with Gasteiger partial charge in [-0.3, -0.25) is 4.79 Å². The molecule has 0 saturated heterocycles. The summed E-state index contributed by atoms with van der Waals surface area (Å²) in [4.78, 5) is 22.7. The third-order valence-corrected chi connectivity index (χ3v) is 5.77. The van der Waals surface area contributed by atoms with Gasteiger partial charge in [0.15, 0.2) is 0 Å². The fourth-order valence-electron chi connectivity index (χ4n) is 3.92. The van der Waals surface area contributed by atoms with Gasteiger partial charge in [-0.1, -0.05) is 0 Å². The summed E-state index contributed by atoms with van der Waals surface area (Å²) in [7, 11) is 0. The second-order valence-electron chi connectivity index (χ2n) is 8.43. The van der Waals surface area contributed by atoms with E-state index in [1.54, 1.807) is 28.5 Å². The molecule has 0 radical (unpaired) electrons. The first kappa shape index (κ1) is 20.5. The number of ether oxygens (including phenoxy) is 1. The van der Waals surface area contributed by atoms with Crippen LogP contribution in [0, 0.1) is 18.7 Å². The number of hydrogen-bond acceptors (Lipinski definition) is 4. The molecule has 1 aliphatic heterocycles. The Kier molecular flexibility index (Phi) is 4.72. The van der Waals surface area contributed by atoms with Gasteiger partial charge in [-0.25, -0.2) is 23.1 Å². The van der Waals surface area contributed by atoms with Crippen LogP contribution in [-0.4, -0.2) is 31.9 Å². The van der Waals surface area contributed by atoms with E-state index in [0.29, 0.717) is 41.9 Å². The molecule has 1 fully saturated rings. The molecule has 2 aromatic heterocycles. The maximum Gasteiger partial charge on any atom is 0.291 e. The first-order chi connectivity index (χ1) is 15.2. The zero-order valence-electron chi connectivity index (χ0n) is 17.6. The minimum Gasteiger partial charge on any atom is -0.439 e. The second kappa shape index (κ2) is 7.36. The summed E-state index contributed by atoms with van der Waals surface area (Å²) < 4.78 is 49.0. The Labute approximate surface area is 182 Å². The number of halogens is 3. The van der Waals surface area contributed by atoms with Gasteiger partial charge in [-0.05, 0) is 43.9 Å². The van der Waals surface area contributed by atoms with Gasteiger partial charge in [0, 0.05) is 42.9 Å². The Morgan fingerprint density at radius 1 is 1.22 bits per heavy atom. The average Bonchev–Trinajstić information content (AvgIpc) is 3.43. The molecule has 0 spiro atoms. The molecule has 0 atom stereocenters. The van der Waals surface area contributed by atoms with Crippen LogP contribution in [0.3, 0.4) is 0 Å². The summed E-state index contributed by atoms with van der Waals surface area (Å²) in [6.07, 6.45) is 3.29. The molecular formula is C23H21F3N4O2. The van der Waals surface area contributed by atoms with E-state index in [4.69, 9.17) is 4.74 Å². The standard InChI is InChI=1S/C23H21F3N4O2/c1-13-20(30-12-29(11-14-3-4-14)22(31)21(30)28-13)17-7-6-16(9-18(17)24)32-19-8-5-15(10-27-19)23(2,25)26/h5-10,14H,3-4,11-12H2,1-2H3. The van der Waals surface area contributed by atoms with E-state index in [2.05, 4.69) is 9.97 Å². The van der Waals surface area contributed by atoms with Crippen LogP contribution in [0.4, 0.5) is 13.2 Å². The maximum absolute atomic E-state index is 15.1. The summed E-state index contributed by atoms with van der Waals surface area (Å²) in [6.45, 7) is 3.59. The molecule has 3 aromatic rings. The van der Waals surface area contributed by atoms with Crippen LogP contribution < -0.4 is 4.74 Å². The molecule has 3 heterocycles. The molecule has 1 saturated carbocycles. The Morgan fingerprint density at radius 3 is 2.62 bits per heavy atom. The van der Waals surface area contributed by atoms with Crippen molar-refractivity contribution in [1.29, 1.82) is 0 Å². The van der Waals surface area contributed by atoms with Gasteiger partial charge in [0.25, 0.3) is 11.8 Å². The highest BCUT2D eigenvalue weighted by molar-refractivity contribution is 5.94. The van der Waals surface area contributed by atoms with Crippen molar-refractivity contribution in [3.8, 4) is 22.9 Å². The lowest BCUT2D eigenvalue weighted by Crippen LogP contribution is -2.27. The number of aryl methyl sites for hydroxylation is 1. The highest BCUT2D eigenvalue weighted by Crippen LogP contribution is 2.36. The number of fused-ring (bicyclic) bond motifs is 1. The molecule has 0 bridgehead atoms. The van der Waals surface area contributed by atoms with Gasteiger partial charge in [0.2, 0.25) is 11.7 Å². The van der Waals surface area contributed by atoms with Crippen LogP contribution in [0.25, 0.3) is 11.3 Å². The molecule has 1 aromatic carbocycles. The fraction of sp³-hybridized carbons (Fsp3) is 0.348. The minimum absolute atomic E-state index is 0.0767. The minimum atomic E-state index is -3.00. The number of benzene rings is 1. The number of imidazole rings is 1. The van der Waals surface area contributed by atoms with Crippen molar-refractivity contribution in [3.05, 3.63) is 59.4 Å². The molecule has 166 valence electrons. The van der Waals surface area contributed by atoms with Crippen molar-refractivity contribution in [2.24, 2.45) is 5.92 Å². The maximum atomic E-state index is 15.1. The van der Waals surface area contributed by atoms with Crippen LogP contribution in [-0.2, 0) is 12.6 Å². The largest absolute Gasteiger partial charge is 0.439 e. The van der Waals surface area contributed by atoms with E-state index in [1.165, 1.54) is 18.2 Å². The van der Waals surface area contributed by atoms with Crippen LogP contribution >= 0.6 is 0 Å². The smallest absolute Gasteiger partial charge is 0.291 e. The molecule has 2 aliphatic rings. The third-order valence-electron chi connectivity index (χ3n) is 5.77. The van der Waals surface area contributed by atoms with Gasteiger partial charge < -0.3 is 14.2 Å². The Bertz CT molecular complexity index is 1200. The van der Waals surface area contributed by atoms with Crippen LogP contribution in [0.2, 0.25) is 0 Å². The molecule has 6 nitrogen and oxygen atoms in total. The third kappa shape index (κ3) is 3.72. The molecule has 0 N–H and O–H groups in total. The van der Waals surface area contributed by atoms with E-state index in [1.807, 2.05) is 0 Å². The van der Waals surface area contributed by atoms with Gasteiger partial charge in [-0.15, -0.1) is 0 Å². The summed E-state index contributed by atoms with van der Waals surface area (Å²) in [5, 5.41) is 0. The number of aromatic nitrogens is 3. The summed E-state index contributed by atoms with van der Waals surface area (Å²) in [6, 6.07) is 6.87. The molecule has 9 heteroatoms. The topological polar surface area (TPSA) is 60.2 Å². The number of pyridine rings is 1. The first-order valence-corrected chi connectivity index (χ1v) is 10.4. The molecular weight excluding hydrogens is 421 g/mol. The van der Waals surface area contributed by atoms with E-state index in [-0.39, 0.29) is 23.1 Å². The second-order valence-corrected chi connectivity index (χ2v) is 8.43. The molecule has 1 aliphatic carbocycles. The van der Waals surface area contributed by atoms with Crippen molar-refractivity contribution in [1.82, 2.24) is 19.4 Å². The van der Waals surface area contributed by atoms with Gasteiger partial charge >= 0.3 is 0 Å². The van der Waals surface area contributed by atoms with E-state index >= 15 is 4.39 Å². The summed E-state index contributed by atoms with van der Waals surface area (Å²) in [5.41, 5.74) is 1.21. The highest BCUT2D eigenvalue weighted by atomic mass is 19.3. The predicted octanol–water partition coefficient (Wildman–Crippen LogP) is 5.12. The Hall–Kier alpha value is -3.36. The predicted molar refractivity (Wildman–Crippen MR) is 110 cm³/mol. The first-order valence-electron chi connectivity index (χ1n) is 10.4. The number of alkyl halides is 2. The number of hydrogen-bond donors (Lipinski definition) is 0. The lowest BCUT2D eigenvalue weighted by molar-refractivity contribution is 0.0170. The van der Waals surface area contributed by atoms with Crippen molar-refractivity contribution in [2.75, 3.05) is 6.54 Å². The zero-order chi connectivity index (χ0) is 22.6. The van der Waals surface area contributed by atoms with E-state index in [0.717, 1.165) is 26.0 Å². The quantitative estimate of drug-likeness (QED) is 0.532. The van der Waals surface area contributed by atoms with Crippen molar-refractivity contribution in [2.45, 2.75) is 39.3 Å². The Morgan fingerprint density at radius 2 is 2.00 bits per heavy atom. The zero-order valence-corrected chi connectivity index (χ0v) is 17.6. The summed E-state index contributed by atoms with van der Waals surface area (Å²) >= 11 is 0. The van der Waals surface area contributed by atoms with Gasteiger partial charge in [-0.2, -0.15) is 0 Å². The monoisotopic (exact) mass is 442 g/mol. The number of amides is 1. The van der Waals surface area contributed by atoms with Crippen molar-refractivity contribution < 1.29 is 22.7 Å². The molecule has 32 heavy (non-hydrogen) atoms. The molecule has 5 rings (SSSR count). The number of rotatable bonds is 6. The lowest BCUT2D eigenvalue weighted by atomic mass is 10.1. The molecule has 0 unspecified atom stereocenters. The number of carbonyl (C=O) groups is 1. The SMILES string of the molecule is Cc1nc2n(c1-c1ccc(Oc3ccc(C(C)(F)F)cn3)cc1F)CN(CC1CC1)C2=O.